The van der Waals surface area contributed by atoms with Crippen LogP contribution in [-0.4, -0.2) is 82.9 Å². The zero-order valence-electron chi connectivity index (χ0n) is 16.0. The molecule has 0 aliphatic heterocycles. The summed E-state index contributed by atoms with van der Waals surface area (Å²) in [7, 11) is 0. The van der Waals surface area contributed by atoms with E-state index in [1.807, 2.05) is 0 Å². The number of rotatable bonds is 13. The second kappa shape index (κ2) is 13.6. The van der Waals surface area contributed by atoms with Gasteiger partial charge in [0, 0.05) is 12.3 Å². The SMILES string of the molecule is CC(O)C(NC(=O)C(CS)NC(=O)C(N)CCCN=C(N)N)C(=O)NCC(=O)O. The molecule has 0 saturated heterocycles. The number of nitrogens with two attached hydrogens (primary N) is 3. The van der Waals surface area contributed by atoms with Gasteiger partial charge in [-0.25, -0.2) is 0 Å². The molecule has 0 saturated carbocycles. The van der Waals surface area contributed by atoms with Gasteiger partial charge in [-0.05, 0) is 19.8 Å². The fourth-order valence-corrected chi connectivity index (χ4v) is 2.31. The second-order valence-electron chi connectivity index (χ2n) is 6.14. The van der Waals surface area contributed by atoms with Gasteiger partial charge in [-0.3, -0.25) is 24.2 Å². The Morgan fingerprint density at radius 3 is 2.21 bits per heavy atom. The van der Waals surface area contributed by atoms with E-state index in [0.717, 1.165) is 0 Å². The van der Waals surface area contributed by atoms with Crippen LogP contribution in [0.15, 0.2) is 4.99 Å². The van der Waals surface area contributed by atoms with Gasteiger partial charge in [-0.15, -0.1) is 0 Å². The number of aliphatic hydroxyl groups is 1. The maximum absolute atomic E-state index is 12.4. The topological polar surface area (TPSA) is 235 Å². The number of aliphatic hydroxyl groups excluding tert-OH is 1. The van der Waals surface area contributed by atoms with Crippen LogP contribution in [0.25, 0.3) is 0 Å². The van der Waals surface area contributed by atoms with Crippen molar-refractivity contribution < 1.29 is 29.4 Å². The normalized spacial score (nSPS) is 14.6. The van der Waals surface area contributed by atoms with Crippen LogP contribution in [0.3, 0.4) is 0 Å². The van der Waals surface area contributed by atoms with Crippen molar-refractivity contribution >= 4 is 42.3 Å². The van der Waals surface area contributed by atoms with Crippen molar-refractivity contribution in [3.05, 3.63) is 0 Å². The third-order valence-electron chi connectivity index (χ3n) is 3.60. The van der Waals surface area contributed by atoms with Gasteiger partial charge in [-0.2, -0.15) is 12.6 Å². The molecule has 0 aromatic rings. The van der Waals surface area contributed by atoms with Crippen molar-refractivity contribution in [2.75, 3.05) is 18.8 Å². The fraction of sp³-hybridized carbons (Fsp3) is 0.667. The lowest BCUT2D eigenvalue weighted by Gasteiger charge is -2.24. The van der Waals surface area contributed by atoms with Crippen molar-refractivity contribution in [3.8, 4) is 0 Å². The standard InChI is InChI=1S/C15H29N7O6S/c1-7(23)11(14(28)20-5-10(24)25)22-13(27)9(6-29)21-12(26)8(16)3-2-4-19-15(17)18/h7-9,11,23,29H,2-6,16H2,1H3,(H,20,28)(H,21,26)(H,22,27)(H,24,25)(H4,17,18,19). The van der Waals surface area contributed by atoms with Crippen LogP contribution in [0.2, 0.25) is 0 Å². The first-order chi connectivity index (χ1) is 13.5. The summed E-state index contributed by atoms with van der Waals surface area (Å²) >= 11 is 4.00. The van der Waals surface area contributed by atoms with E-state index in [1.54, 1.807) is 0 Å². The monoisotopic (exact) mass is 435 g/mol. The highest BCUT2D eigenvalue weighted by Crippen LogP contribution is 2.00. The summed E-state index contributed by atoms with van der Waals surface area (Å²) in [5.74, 6) is -3.78. The predicted molar refractivity (Wildman–Crippen MR) is 108 cm³/mol. The Kier molecular flexibility index (Phi) is 12.4. The second-order valence-corrected chi connectivity index (χ2v) is 6.50. The number of carboxylic acid groups (broad SMARTS) is 1. The van der Waals surface area contributed by atoms with Gasteiger partial charge in [0.05, 0.1) is 12.1 Å². The lowest BCUT2D eigenvalue weighted by Crippen LogP contribution is -2.59. The van der Waals surface area contributed by atoms with Gasteiger partial charge in [0.25, 0.3) is 0 Å². The first kappa shape index (κ1) is 26.4. The predicted octanol–water partition coefficient (Wildman–Crippen LogP) is -4.15. The van der Waals surface area contributed by atoms with Crippen LogP contribution >= 0.6 is 12.6 Å². The molecule has 166 valence electrons. The van der Waals surface area contributed by atoms with E-state index < -0.39 is 54.5 Å². The number of thiol groups is 1. The van der Waals surface area contributed by atoms with Crippen LogP contribution in [-0.2, 0) is 19.2 Å². The average molecular weight is 436 g/mol. The Morgan fingerprint density at radius 2 is 1.72 bits per heavy atom. The maximum atomic E-state index is 12.4. The summed E-state index contributed by atoms with van der Waals surface area (Å²) in [5.41, 5.74) is 16.1. The third-order valence-corrected chi connectivity index (χ3v) is 3.96. The molecule has 0 radical (unpaired) electrons. The van der Waals surface area contributed by atoms with Crippen molar-refractivity contribution in [2.45, 2.75) is 44.0 Å². The lowest BCUT2D eigenvalue weighted by atomic mass is 10.1. The number of amides is 3. The minimum Gasteiger partial charge on any atom is -0.480 e. The number of aliphatic imine (C=N–C) groups is 1. The maximum Gasteiger partial charge on any atom is 0.322 e. The smallest absolute Gasteiger partial charge is 0.322 e. The number of hydrogen-bond donors (Lipinski definition) is 9. The van der Waals surface area contributed by atoms with E-state index in [0.29, 0.717) is 13.0 Å². The number of nitrogens with one attached hydrogen (secondary N) is 3. The molecule has 0 bridgehead atoms. The minimum absolute atomic E-state index is 0.0742. The van der Waals surface area contributed by atoms with Gasteiger partial charge in [-0.1, -0.05) is 0 Å². The number of guanidine groups is 1. The zero-order chi connectivity index (χ0) is 22.6. The van der Waals surface area contributed by atoms with E-state index in [1.165, 1.54) is 6.92 Å². The number of aliphatic carboxylic acids is 1. The Labute approximate surface area is 173 Å². The van der Waals surface area contributed by atoms with Gasteiger partial charge >= 0.3 is 5.97 Å². The molecular weight excluding hydrogens is 406 g/mol. The summed E-state index contributed by atoms with van der Waals surface area (Å²) < 4.78 is 0. The fourth-order valence-electron chi connectivity index (χ4n) is 2.06. The highest BCUT2D eigenvalue weighted by molar-refractivity contribution is 7.80. The number of carbonyl (C=O) groups excluding carboxylic acids is 3. The van der Waals surface area contributed by atoms with Crippen LogP contribution in [0.5, 0.6) is 0 Å². The zero-order valence-corrected chi connectivity index (χ0v) is 16.9. The van der Waals surface area contributed by atoms with E-state index in [2.05, 4.69) is 33.6 Å². The van der Waals surface area contributed by atoms with Crippen molar-refractivity contribution in [1.29, 1.82) is 0 Å². The minimum atomic E-state index is -1.42. The quantitative estimate of drug-likeness (QED) is 0.0590. The Morgan fingerprint density at radius 1 is 1.10 bits per heavy atom. The highest BCUT2D eigenvalue weighted by Gasteiger charge is 2.30. The van der Waals surface area contributed by atoms with E-state index in [9.17, 15) is 24.3 Å². The highest BCUT2D eigenvalue weighted by atomic mass is 32.1. The van der Waals surface area contributed by atoms with E-state index in [4.69, 9.17) is 22.3 Å². The van der Waals surface area contributed by atoms with Crippen molar-refractivity contribution in [1.82, 2.24) is 16.0 Å². The largest absolute Gasteiger partial charge is 0.480 e. The molecule has 14 heteroatoms. The number of hydrogen-bond acceptors (Lipinski definition) is 8. The molecule has 4 unspecified atom stereocenters. The molecule has 0 rings (SSSR count). The van der Waals surface area contributed by atoms with Crippen LogP contribution in [0, 0.1) is 0 Å². The third kappa shape index (κ3) is 11.1. The Balaban J connectivity index is 4.78. The van der Waals surface area contributed by atoms with E-state index >= 15 is 0 Å². The number of carbonyl (C=O) groups is 4. The Bertz CT molecular complexity index is 612. The molecule has 0 spiro atoms. The molecule has 3 amide bonds. The molecule has 0 heterocycles. The summed E-state index contributed by atoms with van der Waals surface area (Å²) in [6.07, 6.45) is -0.614. The molecular formula is C15H29N7O6S. The van der Waals surface area contributed by atoms with E-state index in [-0.39, 0.29) is 18.1 Å². The van der Waals surface area contributed by atoms with Gasteiger partial charge in [0.1, 0.15) is 18.6 Å². The Hall–Kier alpha value is -2.58. The van der Waals surface area contributed by atoms with Crippen LogP contribution < -0.4 is 33.2 Å². The molecule has 11 N–H and O–H groups in total. The van der Waals surface area contributed by atoms with Crippen LogP contribution in [0.4, 0.5) is 0 Å². The first-order valence-corrected chi connectivity index (χ1v) is 9.33. The summed E-state index contributed by atoms with van der Waals surface area (Å²) in [6, 6.07) is -3.48. The molecule has 0 aliphatic rings. The summed E-state index contributed by atoms with van der Waals surface area (Å²) in [5, 5.41) is 25.0. The number of carboxylic acids is 1. The molecule has 0 aromatic heterocycles. The molecule has 0 aliphatic carbocycles. The first-order valence-electron chi connectivity index (χ1n) is 8.69. The van der Waals surface area contributed by atoms with Gasteiger partial charge in [0.2, 0.25) is 17.7 Å². The lowest BCUT2D eigenvalue weighted by molar-refractivity contribution is -0.139. The van der Waals surface area contributed by atoms with Gasteiger partial charge in [0.15, 0.2) is 5.96 Å². The summed E-state index contributed by atoms with van der Waals surface area (Å²) in [4.78, 5) is 50.8. The van der Waals surface area contributed by atoms with Gasteiger partial charge < -0.3 is 43.4 Å². The summed E-state index contributed by atoms with van der Waals surface area (Å²) in [6.45, 7) is 0.854. The average Bonchev–Trinajstić information content (AvgIpc) is 2.64. The van der Waals surface area contributed by atoms with Crippen LogP contribution in [0.1, 0.15) is 19.8 Å². The molecule has 4 atom stereocenters. The molecule has 0 fully saturated rings. The molecule has 29 heavy (non-hydrogen) atoms. The number of nitrogens with zero attached hydrogens (tertiary/aromatic N) is 1. The van der Waals surface area contributed by atoms with Crippen molar-refractivity contribution in [2.24, 2.45) is 22.2 Å². The molecule has 0 aromatic carbocycles. The van der Waals surface area contributed by atoms with Crippen molar-refractivity contribution in [3.63, 3.8) is 0 Å². The molecule has 13 nitrogen and oxygen atoms in total.